The maximum Gasteiger partial charge on any atom is 0.128 e. The summed E-state index contributed by atoms with van der Waals surface area (Å²) in [6.07, 6.45) is 8.67. The Morgan fingerprint density at radius 2 is 1.93 bits per heavy atom. The average Bonchev–Trinajstić information content (AvgIpc) is 3.14. The van der Waals surface area contributed by atoms with Gasteiger partial charge in [0, 0.05) is 42.4 Å². The Labute approximate surface area is 159 Å². The van der Waals surface area contributed by atoms with E-state index in [1.807, 2.05) is 25.6 Å². The lowest BCUT2D eigenvalue weighted by atomic mass is 9.80. The Hall–Kier alpha value is -2.73. The van der Waals surface area contributed by atoms with E-state index < -0.39 is 0 Å². The lowest BCUT2D eigenvalue weighted by Gasteiger charge is -2.36. The molecular formula is C21H25N5O. The van der Waals surface area contributed by atoms with E-state index in [2.05, 4.69) is 51.6 Å². The monoisotopic (exact) mass is 363 g/mol. The molecule has 6 heteroatoms. The number of nitrogens with zero attached hydrogens (tertiary/aromatic N) is 4. The maximum absolute atomic E-state index is 11.7. The molecule has 0 radical (unpaired) electrons. The topological polar surface area (TPSA) is 63.1 Å². The Bertz CT molecular complexity index is 956. The second kappa shape index (κ2) is 7.12. The molecule has 2 aromatic heterocycles. The molecule has 1 N–H and O–H groups in total. The average molecular weight is 363 g/mol. The first-order valence-electron chi connectivity index (χ1n) is 9.35. The third-order valence-electron chi connectivity index (χ3n) is 5.61. The van der Waals surface area contributed by atoms with Crippen LogP contribution in [-0.2, 0) is 11.8 Å². The van der Waals surface area contributed by atoms with Crippen molar-refractivity contribution in [3.8, 4) is 11.1 Å². The summed E-state index contributed by atoms with van der Waals surface area (Å²) in [5, 5.41) is 9.87. The van der Waals surface area contributed by atoms with Crippen molar-refractivity contribution in [1.82, 2.24) is 19.7 Å². The van der Waals surface area contributed by atoms with Crippen molar-refractivity contribution in [2.24, 2.45) is 12.5 Å². The molecule has 0 atom stereocenters. The molecular weight excluding hydrogens is 338 g/mol. The first kappa shape index (κ1) is 17.7. The van der Waals surface area contributed by atoms with E-state index in [1.165, 1.54) is 0 Å². The quantitative estimate of drug-likeness (QED) is 0.706. The molecule has 27 heavy (non-hydrogen) atoms. The van der Waals surface area contributed by atoms with Crippen LogP contribution in [0.15, 0.2) is 42.9 Å². The maximum atomic E-state index is 11.7. The van der Waals surface area contributed by atoms with Crippen molar-refractivity contribution < 1.29 is 4.79 Å². The van der Waals surface area contributed by atoms with E-state index in [0.717, 1.165) is 59.9 Å². The summed E-state index contributed by atoms with van der Waals surface area (Å²) in [6, 6.07) is 8.39. The lowest BCUT2D eigenvalue weighted by molar-refractivity contribution is -0.117. The van der Waals surface area contributed by atoms with Crippen LogP contribution >= 0.6 is 0 Å². The summed E-state index contributed by atoms with van der Waals surface area (Å²) in [5.74, 6) is 0.811. The first-order valence-corrected chi connectivity index (χ1v) is 9.35. The molecule has 4 rings (SSSR count). The number of nitrogens with one attached hydrogen (secondary N) is 1. The minimum Gasteiger partial charge on any atom is -0.369 e. The van der Waals surface area contributed by atoms with Gasteiger partial charge in [-0.2, -0.15) is 5.10 Å². The summed E-state index contributed by atoms with van der Waals surface area (Å²) in [7, 11) is 4.02. The number of aldehydes is 1. The number of pyridine rings is 1. The van der Waals surface area contributed by atoms with Crippen LogP contribution < -0.4 is 5.32 Å². The van der Waals surface area contributed by atoms with Crippen LogP contribution in [0.4, 0.5) is 5.82 Å². The molecule has 0 unspecified atom stereocenters. The number of fused-ring (bicyclic) bond motifs is 1. The normalized spacial score (nSPS) is 17.1. The fraction of sp³-hybridized carbons (Fsp3) is 0.381. The number of hydrogen-bond acceptors (Lipinski definition) is 5. The van der Waals surface area contributed by atoms with Gasteiger partial charge >= 0.3 is 0 Å². The van der Waals surface area contributed by atoms with Gasteiger partial charge in [0.05, 0.1) is 6.20 Å². The van der Waals surface area contributed by atoms with Crippen molar-refractivity contribution >= 4 is 22.9 Å². The SMILES string of the molecule is CN1CCC(C=O)(CNc2cc3cc(-c4cnn(C)c4)ccc3cn2)CC1. The van der Waals surface area contributed by atoms with Crippen molar-refractivity contribution in [3.63, 3.8) is 0 Å². The number of anilines is 1. The Morgan fingerprint density at radius 3 is 2.63 bits per heavy atom. The van der Waals surface area contributed by atoms with Crippen molar-refractivity contribution in [3.05, 3.63) is 42.9 Å². The second-order valence-corrected chi connectivity index (χ2v) is 7.67. The number of rotatable bonds is 5. The minimum atomic E-state index is -0.291. The van der Waals surface area contributed by atoms with Gasteiger partial charge in [-0.1, -0.05) is 12.1 Å². The van der Waals surface area contributed by atoms with Gasteiger partial charge in [-0.15, -0.1) is 0 Å². The number of aryl methyl sites for hydroxylation is 1. The van der Waals surface area contributed by atoms with Crippen LogP contribution in [0.5, 0.6) is 0 Å². The highest BCUT2D eigenvalue weighted by Crippen LogP contribution is 2.30. The summed E-state index contributed by atoms with van der Waals surface area (Å²) in [4.78, 5) is 18.5. The van der Waals surface area contributed by atoms with Gasteiger partial charge in [0.15, 0.2) is 0 Å². The minimum absolute atomic E-state index is 0.291. The van der Waals surface area contributed by atoms with Crippen molar-refractivity contribution in [2.45, 2.75) is 12.8 Å². The number of hydrogen-bond donors (Lipinski definition) is 1. The standard InChI is InChI=1S/C21H25N5O/c1-25-7-5-21(15-27,6-8-25)14-23-20-10-18-9-16(3-4-17(18)11-22-20)19-12-24-26(2)13-19/h3-4,9-13,15H,5-8,14H2,1-2H3,(H,22,23). The van der Waals surface area contributed by atoms with E-state index in [-0.39, 0.29) is 5.41 Å². The molecule has 0 amide bonds. The van der Waals surface area contributed by atoms with E-state index in [0.29, 0.717) is 6.54 Å². The summed E-state index contributed by atoms with van der Waals surface area (Å²) in [6.45, 7) is 2.55. The molecule has 0 bridgehead atoms. The zero-order valence-corrected chi connectivity index (χ0v) is 15.9. The van der Waals surface area contributed by atoms with Gasteiger partial charge in [-0.25, -0.2) is 4.98 Å². The summed E-state index contributed by atoms with van der Waals surface area (Å²) < 4.78 is 1.81. The zero-order valence-electron chi connectivity index (χ0n) is 15.9. The number of benzene rings is 1. The second-order valence-electron chi connectivity index (χ2n) is 7.67. The molecule has 6 nitrogen and oxygen atoms in total. The van der Waals surface area contributed by atoms with E-state index in [4.69, 9.17) is 0 Å². The smallest absolute Gasteiger partial charge is 0.128 e. The third-order valence-corrected chi connectivity index (χ3v) is 5.61. The predicted octanol–water partition coefficient (Wildman–Crippen LogP) is 2.96. The molecule has 1 fully saturated rings. The van der Waals surface area contributed by atoms with Crippen LogP contribution in [0.25, 0.3) is 21.9 Å². The van der Waals surface area contributed by atoms with Crippen LogP contribution in [0.2, 0.25) is 0 Å². The Morgan fingerprint density at radius 1 is 1.11 bits per heavy atom. The molecule has 3 aromatic rings. The molecule has 1 aromatic carbocycles. The van der Waals surface area contributed by atoms with E-state index in [9.17, 15) is 4.79 Å². The number of piperidine rings is 1. The molecule has 1 saturated heterocycles. The van der Waals surface area contributed by atoms with Gasteiger partial charge in [-0.05, 0) is 56.1 Å². The van der Waals surface area contributed by atoms with Crippen LogP contribution in [0, 0.1) is 5.41 Å². The van der Waals surface area contributed by atoms with E-state index >= 15 is 0 Å². The van der Waals surface area contributed by atoms with Crippen molar-refractivity contribution in [1.29, 1.82) is 0 Å². The van der Waals surface area contributed by atoms with Gasteiger partial charge in [-0.3, -0.25) is 4.68 Å². The lowest BCUT2D eigenvalue weighted by Crippen LogP contribution is -2.43. The number of carbonyl (C=O) groups is 1. The number of likely N-dealkylation sites (tertiary alicyclic amines) is 1. The molecule has 0 saturated carbocycles. The highest BCUT2D eigenvalue weighted by molar-refractivity contribution is 5.88. The largest absolute Gasteiger partial charge is 0.369 e. The highest BCUT2D eigenvalue weighted by Gasteiger charge is 2.33. The summed E-state index contributed by atoms with van der Waals surface area (Å²) >= 11 is 0. The zero-order chi connectivity index (χ0) is 18.9. The Kier molecular flexibility index (Phi) is 4.66. The number of carbonyl (C=O) groups excluding carboxylic acids is 1. The third kappa shape index (κ3) is 3.71. The molecule has 1 aliphatic heterocycles. The molecule has 140 valence electrons. The van der Waals surface area contributed by atoms with Gasteiger partial charge in [0.2, 0.25) is 0 Å². The van der Waals surface area contributed by atoms with Crippen LogP contribution in [-0.4, -0.2) is 52.6 Å². The molecule has 1 aliphatic rings. The summed E-state index contributed by atoms with van der Waals surface area (Å²) in [5.41, 5.74) is 1.94. The molecule has 0 aliphatic carbocycles. The van der Waals surface area contributed by atoms with Crippen LogP contribution in [0.1, 0.15) is 12.8 Å². The van der Waals surface area contributed by atoms with E-state index in [1.54, 1.807) is 4.68 Å². The Balaban J connectivity index is 1.54. The number of aromatic nitrogens is 3. The fourth-order valence-electron chi connectivity index (χ4n) is 3.65. The first-order chi connectivity index (χ1) is 13.1. The molecule has 0 spiro atoms. The van der Waals surface area contributed by atoms with Crippen LogP contribution in [0.3, 0.4) is 0 Å². The van der Waals surface area contributed by atoms with Crippen molar-refractivity contribution in [2.75, 3.05) is 32.0 Å². The molecule has 3 heterocycles. The van der Waals surface area contributed by atoms with Gasteiger partial charge < -0.3 is 15.0 Å². The van der Waals surface area contributed by atoms with Gasteiger partial charge in [0.25, 0.3) is 0 Å². The highest BCUT2D eigenvalue weighted by atomic mass is 16.1. The fourth-order valence-corrected chi connectivity index (χ4v) is 3.65. The van der Waals surface area contributed by atoms with Gasteiger partial charge in [0.1, 0.15) is 12.1 Å². The predicted molar refractivity (Wildman–Crippen MR) is 108 cm³/mol.